The van der Waals surface area contributed by atoms with Crippen LogP contribution in [0.1, 0.15) is 46.5 Å². The fourth-order valence-electron chi connectivity index (χ4n) is 2.64. The molecule has 1 atom stereocenters. The third-order valence-electron chi connectivity index (χ3n) is 3.60. The number of ether oxygens (including phenoxy) is 1. The molecule has 2 N–H and O–H groups in total. The minimum atomic E-state index is -0.449. The van der Waals surface area contributed by atoms with Crippen LogP contribution in [0.2, 0.25) is 0 Å². The van der Waals surface area contributed by atoms with Gasteiger partial charge in [-0.25, -0.2) is 4.79 Å². The van der Waals surface area contributed by atoms with Crippen molar-refractivity contribution in [2.75, 3.05) is 12.3 Å². The lowest BCUT2D eigenvalue weighted by Crippen LogP contribution is -2.46. The van der Waals surface area contributed by atoms with E-state index in [0.717, 1.165) is 38.8 Å². The van der Waals surface area contributed by atoms with E-state index in [9.17, 15) is 4.79 Å². The predicted octanol–water partition coefficient (Wildman–Crippen LogP) is 2.65. The van der Waals surface area contributed by atoms with Crippen LogP contribution < -0.4 is 5.73 Å². The summed E-state index contributed by atoms with van der Waals surface area (Å²) in [6, 6.07) is 0.221. The first-order chi connectivity index (χ1) is 9.85. The summed E-state index contributed by atoms with van der Waals surface area (Å²) in [6.07, 6.45) is 7.37. The number of nitrogens with two attached hydrogens (primary N) is 1. The van der Waals surface area contributed by atoms with Crippen LogP contribution in [-0.4, -0.2) is 39.0 Å². The van der Waals surface area contributed by atoms with Crippen molar-refractivity contribution >= 4 is 11.8 Å². The van der Waals surface area contributed by atoms with Gasteiger partial charge < -0.3 is 15.4 Å². The summed E-state index contributed by atoms with van der Waals surface area (Å²) in [5.74, 6) is 0. The number of anilines is 1. The third kappa shape index (κ3) is 4.65. The molecule has 0 aliphatic carbocycles. The number of rotatable bonds is 3. The highest BCUT2D eigenvalue weighted by Gasteiger charge is 2.30. The van der Waals surface area contributed by atoms with Gasteiger partial charge in [-0.3, -0.25) is 4.68 Å². The molecule has 1 aliphatic heterocycles. The lowest BCUT2D eigenvalue weighted by molar-refractivity contribution is 0.00827. The minimum Gasteiger partial charge on any atom is -0.444 e. The van der Waals surface area contributed by atoms with E-state index in [1.54, 1.807) is 6.20 Å². The van der Waals surface area contributed by atoms with Gasteiger partial charge in [0.1, 0.15) is 5.60 Å². The van der Waals surface area contributed by atoms with E-state index < -0.39 is 5.60 Å². The molecule has 1 saturated heterocycles. The highest BCUT2D eigenvalue weighted by atomic mass is 16.6. The molecule has 1 aromatic rings. The van der Waals surface area contributed by atoms with E-state index in [0.29, 0.717) is 5.69 Å². The lowest BCUT2D eigenvalue weighted by Gasteiger charge is -2.36. The molecule has 0 unspecified atom stereocenters. The van der Waals surface area contributed by atoms with Crippen LogP contribution in [0, 0.1) is 0 Å². The Morgan fingerprint density at radius 2 is 2.24 bits per heavy atom. The number of hydrogen-bond acceptors (Lipinski definition) is 4. The van der Waals surface area contributed by atoms with Crippen molar-refractivity contribution in [2.24, 2.45) is 0 Å². The normalized spacial score (nSPS) is 19.6. The summed E-state index contributed by atoms with van der Waals surface area (Å²) in [7, 11) is 0. The Labute approximate surface area is 126 Å². The Hall–Kier alpha value is -1.72. The molecule has 118 valence electrons. The maximum Gasteiger partial charge on any atom is 0.410 e. The maximum absolute atomic E-state index is 12.3. The molecular weight excluding hydrogens is 268 g/mol. The summed E-state index contributed by atoms with van der Waals surface area (Å²) in [4.78, 5) is 14.2. The fraction of sp³-hybridized carbons (Fsp3) is 0.733. The first kappa shape index (κ1) is 15.7. The molecule has 1 fully saturated rings. The average Bonchev–Trinajstić information content (AvgIpc) is 2.80. The number of nitrogen functional groups attached to an aromatic ring is 1. The molecule has 6 heteroatoms. The number of aromatic nitrogens is 2. The average molecular weight is 294 g/mol. The number of hydrogen-bond donors (Lipinski definition) is 1. The van der Waals surface area contributed by atoms with E-state index in [1.807, 2.05) is 36.5 Å². The van der Waals surface area contributed by atoms with Gasteiger partial charge in [-0.1, -0.05) is 0 Å². The number of carbonyl (C=O) groups is 1. The molecule has 0 bridgehead atoms. The number of likely N-dealkylation sites (tertiary alicyclic amines) is 1. The zero-order valence-corrected chi connectivity index (χ0v) is 13.2. The van der Waals surface area contributed by atoms with Crippen molar-refractivity contribution in [2.45, 2.75) is 64.6 Å². The van der Waals surface area contributed by atoms with Gasteiger partial charge in [0.25, 0.3) is 0 Å². The van der Waals surface area contributed by atoms with Gasteiger partial charge in [0.15, 0.2) is 0 Å². The quantitative estimate of drug-likeness (QED) is 0.930. The van der Waals surface area contributed by atoms with E-state index in [-0.39, 0.29) is 12.1 Å². The van der Waals surface area contributed by atoms with E-state index in [1.165, 1.54) is 0 Å². The summed E-state index contributed by atoms with van der Waals surface area (Å²) < 4.78 is 7.34. The summed E-state index contributed by atoms with van der Waals surface area (Å²) >= 11 is 0. The Morgan fingerprint density at radius 1 is 1.48 bits per heavy atom. The molecule has 6 nitrogen and oxygen atoms in total. The van der Waals surface area contributed by atoms with Gasteiger partial charge in [-0.05, 0) is 46.5 Å². The number of amides is 1. The van der Waals surface area contributed by atoms with Crippen molar-refractivity contribution in [3.63, 3.8) is 0 Å². The molecule has 0 saturated carbocycles. The van der Waals surface area contributed by atoms with Crippen LogP contribution in [0.5, 0.6) is 0 Å². The van der Waals surface area contributed by atoms with Crippen LogP contribution in [0.25, 0.3) is 0 Å². The van der Waals surface area contributed by atoms with Gasteiger partial charge in [0, 0.05) is 25.3 Å². The lowest BCUT2D eigenvalue weighted by atomic mass is 10.00. The summed E-state index contributed by atoms with van der Waals surface area (Å²) in [6.45, 7) is 7.24. The number of carbonyl (C=O) groups excluding carboxylic acids is 1. The Balaban J connectivity index is 1.93. The number of piperidine rings is 1. The number of aryl methyl sites for hydroxylation is 1. The first-order valence-corrected chi connectivity index (χ1v) is 7.63. The first-order valence-electron chi connectivity index (χ1n) is 7.63. The highest BCUT2D eigenvalue weighted by molar-refractivity contribution is 5.68. The van der Waals surface area contributed by atoms with Crippen LogP contribution in [0.4, 0.5) is 10.5 Å². The van der Waals surface area contributed by atoms with Crippen molar-refractivity contribution in [3.8, 4) is 0 Å². The smallest absolute Gasteiger partial charge is 0.410 e. The second-order valence-electron chi connectivity index (χ2n) is 6.65. The zero-order valence-electron chi connectivity index (χ0n) is 13.2. The molecular formula is C15H26N4O2. The standard InChI is InChI=1S/C15H26N4O2/c1-15(2,3)21-14(20)19-8-5-4-6-13(19)7-9-18-11-12(16)10-17-18/h10-11,13H,4-9,16H2,1-3H3/t13-/m0/s1. The van der Waals surface area contributed by atoms with Crippen LogP contribution >= 0.6 is 0 Å². The summed E-state index contributed by atoms with van der Waals surface area (Å²) in [5.41, 5.74) is 5.88. The van der Waals surface area contributed by atoms with Gasteiger partial charge in [0.2, 0.25) is 0 Å². The van der Waals surface area contributed by atoms with E-state index in [2.05, 4.69) is 5.10 Å². The molecule has 2 rings (SSSR count). The molecule has 0 radical (unpaired) electrons. The molecule has 1 aliphatic rings. The van der Waals surface area contributed by atoms with Crippen molar-refractivity contribution < 1.29 is 9.53 Å². The number of nitrogens with zero attached hydrogens (tertiary/aromatic N) is 3. The van der Waals surface area contributed by atoms with E-state index in [4.69, 9.17) is 10.5 Å². The molecule has 1 aromatic heterocycles. The van der Waals surface area contributed by atoms with Gasteiger partial charge >= 0.3 is 6.09 Å². The Morgan fingerprint density at radius 3 is 2.86 bits per heavy atom. The Bertz CT molecular complexity index is 478. The second kappa shape index (κ2) is 6.37. The molecule has 2 heterocycles. The molecule has 1 amide bonds. The second-order valence-corrected chi connectivity index (χ2v) is 6.65. The van der Waals surface area contributed by atoms with Gasteiger partial charge in [-0.15, -0.1) is 0 Å². The van der Waals surface area contributed by atoms with Crippen LogP contribution in [0.15, 0.2) is 12.4 Å². The molecule has 21 heavy (non-hydrogen) atoms. The van der Waals surface area contributed by atoms with Gasteiger partial charge in [0.05, 0.1) is 11.9 Å². The summed E-state index contributed by atoms with van der Waals surface area (Å²) in [5, 5.41) is 4.19. The largest absolute Gasteiger partial charge is 0.444 e. The minimum absolute atomic E-state index is 0.202. The van der Waals surface area contributed by atoms with Crippen molar-refractivity contribution in [1.82, 2.24) is 14.7 Å². The maximum atomic E-state index is 12.3. The van der Waals surface area contributed by atoms with Crippen molar-refractivity contribution in [1.29, 1.82) is 0 Å². The van der Waals surface area contributed by atoms with Crippen LogP contribution in [0.3, 0.4) is 0 Å². The Kier molecular flexibility index (Phi) is 4.75. The fourth-order valence-corrected chi connectivity index (χ4v) is 2.64. The molecule has 0 aromatic carbocycles. The zero-order chi connectivity index (χ0) is 15.5. The monoisotopic (exact) mass is 294 g/mol. The van der Waals surface area contributed by atoms with Crippen molar-refractivity contribution in [3.05, 3.63) is 12.4 Å². The van der Waals surface area contributed by atoms with E-state index >= 15 is 0 Å². The third-order valence-corrected chi connectivity index (χ3v) is 3.60. The topological polar surface area (TPSA) is 73.4 Å². The van der Waals surface area contributed by atoms with Crippen LogP contribution in [-0.2, 0) is 11.3 Å². The molecule has 0 spiro atoms. The van der Waals surface area contributed by atoms with Gasteiger partial charge in [-0.2, -0.15) is 5.10 Å². The highest BCUT2D eigenvalue weighted by Crippen LogP contribution is 2.23. The SMILES string of the molecule is CC(C)(C)OC(=O)N1CCCC[C@H]1CCn1cc(N)cn1. The predicted molar refractivity (Wildman–Crippen MR) is 81.8 cm³/mol.